The average Bonchev–Trinajstić information content (AvgIpc) is 3.21. The van der Waals surface area contributed by atoms with Crippen LogP contribution in [-0.2, 0) is 4.79 Å². The number of para-hydroxylation sites is 1. The largest absolute Gasteiger partial charge is 0.497 e. The van der Waals surface area contributed by atoms with Crippen molar-refractivity contribution in [2.75, 3.05) is 13.7 Å². The highest BCUT2D eigenvalue weighted by Crippen LogP contribution is 2.36. The third-order valence-corrected chi connectivity index (χ3v) is 6.32. The third kappa shape index (κ3) is 5.54. The Balaban J connectivity index is 1.37. The number of halogens is 1. The first-order valence-electron chi connectivity index (χ1n) is 10.1. The summed E-state index contributed by atoms with van der Waals surface area (Å²) in [6.07, 6.45) is 1.39. The van der Waals surface area contributed by atoms with E-state index in [1.807, 2.05) is 24.3 Å². The summed E-state index contributed by atoms with van der Waals surface area (Å²) in [4.78, 5) is 25.1. The molecule has 0 spiro atoms. The summed E-state index contributed by atoms with van der Waals surface area (Å²) >= 11 is 7.65. The number of hydrogen-bond acceptors (Lipinski definition) is 7. The molecular formula is C25H19ClN2O5S. The number of nitrogens with zero attached hydrogens (tertiary/aromatic N) is 1. The predicted octanol–water partition coefficient (Wildman–Crippen LogP) is 5.31. The van der Waals surface area contributed by atoms with Gasteiger partial charge >= 0.3 is 5.97 Å². The van der Waals surface area contributed by atoms with E-state index >= 15 is 0 Å². The van der Waals surface area contributed by atoms with E-state index in [9.17, 15) is 9.59 Å². The molecule has 1 aromatic heterocycles. The molecule has 0 saturated heterocycles. The lowest BCUT2D eigenvalue weighted by molar-refractivity contribution is -0.123. The zero-order valence-corrected chi connectivity index (χ0v) is 19.6. The van der Waals surface area contributed by atoms with Crippen LogP contribution in [-0.4, -0.2) is 31.8 Å². The lowest BCUT2D eigenvalue weighted by Gasteiger charge is -2.07. The topological polar surface area (TPSA) is 86.2 Å². The van der Waals surface area contributed by atoms with Crippen LogP contribution in [0.15, 0.2) is 77.9 Å². The summed E-state index contributed by atoms with van der Waals surface area (Å²) in [5, 5.41) is 5.10. The molecule has 4 aromatic rings. The van der Waals surface area contributed by atoms with E-state index in [2.05, 4.69) is 10.5 Å². The van der Waals surface area contributed by atoms with Gasteiger partial charge in [-0.25, -0.2) is 10.2 Å². The van der Waals surface area contributed by atoms with Gasteiger partial charge in [-0.3, -0.25) is 4.79 Å². The quantitative estimate of drug-likeness (QED) is 0.155. The fourth-order valence-corrected chi connectivity index (χ4v) is 4.38. The van der Waals surface area contributed by atoms with E-state index in [1.54, 1.807) is 55.6 Å². The summed E-state index contributed by atoms with van der Waals surface area (Å²) in [6, 6.07) is 21.2. The molecule has 0 aliphatic carbocycles. The van der Waals surface area contributed by atoms with E-state index in [-0.39, 0.29) is 12.4 Å². The van der Waals surface area contributed by atoms with Crippen molar-refractivity contribution in [3.05, 3.63) is 88.3 Å². The Morgan fingerprint density at radius 3 is 2.47 bits per heavy atom. The number of carbonyl (C=O) groups excluding carboxylic acids is 2. The second-order valence-corrected chi connectivity index (χ2v) is 8.36. The Kier molecular flexibility index (Phi) is 7.41. The Bertz CT molecular complexity index is 1350. The summed E-state index contributed by atoms with van der Waals surface area (Å²) in [5.41, 5.74) is 2.89. The normalized spacial score (nSPS) is 10.9. The van der Waals surface area contributed by atoms with Gasteiger partial charge in [-0.2, -0.15) is 5.10 Å². The van der Waals surface area contributed by atoms with Gasteiger partial charge in [0.15, 0.2) is 6.61 Å². The molecule has 9 heteroatoms. The molecule has 1 N–H and O–H groups in total. The van der Waals surface area contributed by atoms with Gasteiger partial charge in [-0.15, -0.1) is 11.3 Å². The number of benzene rings is 3. The maximum atomic E-state index is 12.8. The number of hydrogen-bond donors (Lipinski definition) is 1. The molecule has 4 rings (SSSR count). The number of ether oxygens (including phenoxy) is 3. The molecule has 0 radical (unpaired) electrons. The van der Waals surface area contributed by atoms with Crippen molar-refractivity contribution in [3.8, 4) is 17.2 Å². The minimum atomic E-state index is -0.566. The molecule has 0 bridgehead atoms. The van der Waals surface area contributed by atoms with Gasteiger partial charge in [0.25, 0.3) is 5.91 Å². The summed E-state index contributed by atoms with van der Waals surface area (Å²) in [5.74, 6) is 0.489. The van der Waals surface area contributed by atoms with E-state index in [0.717, 1.165) is 10.1 Å². The Morgan fingerprint density at radius 2 is 1.71 bits per heavy atom. The summed E-state index contributed by atoms with van der Waals surface area (Å²) in [7, 11) is 1.57. The second-order valence-electron chi connectivity index (χ2n) is 6.93. The van der Waals surface area contributed by atoms with Crippen molar-refractivity contribution in [2.24, 2.45) is 5.10 Å². The number of amides is 1. The Labute approximate surface area is 204 Å². The van der Waals surface area contributed by atoms with Crippen molar-refractivity contribution in [3.63, 3.8) is 0 Å². The van der Waals surface area contributed by atoms with Crippen molar-refractivity contribution in [1.29, 1.82) is 0 Å². The van der Waals surface area contributed by atoms with Crippen molar-refractivity contribution >= 4 is 51.1 Å². The molecule has 0 unspecified atom stereocenters. The molecule has 172 valence electrons. The van der Waals surface area contributed by atoms with E-state index in [1.165, 1.54) is 17.6 Å². The Hall–Kier alpha value is -3.88. The fourth-order valence-electron chi connectivity index (χ4n) is 3.00. The standard InChI is InChI=1S/C25H19ClN2O5S/c1-31-17-10-12-18(13-11-17)32-15-22(29)28-27-14-16-6-2-4-8-20(16)33-25(30)24-23(26)19-7-3-5-9-21(19)34-24/h2-14H,15H2,1H3,(H,28,29)/b27-14-. The predicted molar refractivity (Wildman–Crippen MR) is 132 cm³/mol. The number of fused-ring (bicyclic) bond motifs is 1. The van der Waals surface area contributed by atoms with Crippen LogP contribution >= 0.6 is 22.9 Å². The molecule has 0 aliphatic heterocycles. The number of thiophene rings is 1. The number of methoxy groups -OCH3 is 1. The smallest absolute Gasteiger partial charge is 0.355 e. The van der Waals surface area contributed by atoms with Crippen LogP contribution in [0.2, 0.25) is 5.02 Å². The first kappa shape index (κ1) is 23.3. The monoisotopic (exact) mass is 494 g/mol. The van der Waals surface area contributed by atoms with Crippen LogP contribution in [0.3, 0.4) is 0 Å². The molecule has 1 amide bonds. The van der Waals surface area contributed by atoms with Crippen LogP contribution in [0.4, 0.5) is 0 Å². The zero-order chi connectivity index (χ0) is 23.9. The van der Waals surface area contributed by atoms with Gasteiger partial charge in [-0.1, -0.05) is 41.9 Å². The van der Waals surface area contributed by atoms with E-state index < -0.39 is 11.9 Å². The second kappa shape index (κ2) is 10.8. The molecule has 0 aliphatic rings. The lowest BCUT2D eigenvalue weighted by Crippen LogP contribution is -2.24. The van der Waals surface area contributed by atoms with Crippen LogP contribution in [0.25, 0.3) is 10.1 Å². The Morgan fingerprint density at radius 1 is 1.00 bits per heavy atom. The third-order valence-electron chi connectivity index (χ3n) is 4.66. The first-order valence-corrected chi connectivity index (χ1v) is 11.3. The lowest BCUT2D eigenvalue weighted by atomic mass is 10.2. The number of nitrogens with one attached hydrogen (secondary N) is 1. The molecule has 1 heterocycles. The average molecular weight is 495 g/mol. The van der Waals surface area contributed by atoms with Crippen LogP contribution in [0, 0.1) is 0 Å². The number of carbonyl (C=O) groups is 2. The van der Waals surface area contributed by atoms with Crippen molar-refractivity contribution in [2.45, 2.75) is 0 Å². The van der Waals surface area contributed by atoms with Crippen molar-refractivity contribution < 1.29 is 23.8 Å². The zero-order valence-electron chi connectivity index (χ0n) is 18.0. The maximum Gasteiger partial charge on any atom is 0.355 e. The molecule has 3 aromatic carbocycles. The molecule has 0 fully saturated rings. The van der Waals surface area contributed by atoms with Gasteiger partial charge < -0.3 is 14.2 Å². The van der Waals surface area contributed by atoms with Gasteiger partial charge in [0, 0.05) is 15.6 Å². The van der Waals surface area contributed by atoms with Crippen LogP contribution < -0.4 is 19.6 Å². The van der Waals surface area contributed by atoms with Gasteiger partial charge in [0.05, 0.1) is 18.3 Å². The van der Waals surface area contributed by atoms with Crippen LogP contribution in [0.1, 0.15) is 15.2 Å². The number of hydrazone groups is 1. The van der Waals surface area contributed by atoms with Gasteiger partial charge in [0.2, 0.25) is 0 Å². The fraction of sp³-hybridized carbons (Fsp3) is 0.0800. The highest BCUT2D eigenvalue weighted by molar-refractivity contribution is 7.21. The van der Waals surface area contributed by atoms with E-state index in [4.69, 9.17) is 25.8 Å². The number of esters is 1. The minimum Gasteiger partial charge on any atom is -0.497 e. The molecular weight excluding hydrogens is 476 g/mol. The molecule has 0 atom stereocenters. The van der Waals surface area contributed by atoms with Crippen molar-refractivity contribution in [1.82, 2.24) is 5.43 Å². The molecule has 0 saturated carbocycles. The van der Waals surface area contributed by atoms with Gasteiger partial charge in [-0.05, 0) is 42.5 Å². The first-order chi connectivity index (χ1) is 16.5. The summed E-state index contributed by atoms with van der Waals surface area (Å²) in [6.45, 7) is -0.218. The highest BCUT2D eigenvalue weighted by Gasteiger charge is 2.19. The maximum absolute atomic E-state index is 12.8. The number of rotatable bonds is 8. The molecule has 7 nitrogen and oxygen atoms in total. The van der Waals surface area contributed by atoms with Crippen LogP contribution in [0.5, 0.6) is 17.2 Å². The highest BCUT2D eigenvalue weighted by atomic mass is 35.5. The SMILES string of the molecule is COc1ccc(OCC(=O)N/N=C\c2ccccc2OC(=O)c2sc3ccccc3c2Cl)cc1. The van der Waals surface area contributed by atoms with E-state index in [0.29, 0.717) is 27.0 Å². The molecule has 34 heavy (non-hydrogen) atoms. The summed E-state index contributed by atoms with van der Waals surface area (Å²) < 4.78 is 17.0. The van der Waals surface area contributed by atoms with Gasteiger partial charge in [0.1, 0.15) is 22.1 Å². The minimum absolute atomic E-state index is 0.218.